The zero-order valence-corrected chi connectivity index (χ0v) is 9.15. The lowest BCUT2D eigenvalue weighted by molar-refractivity contribution is 0.0511. The smallest absolute Gasteiger partial charge is 0.468 e. The van der Waals surface area contributed by atoms with E-state index in [4.69, 9.17) is 19.5 Å². The van der Waals surface area contributed by atoms with E-state index in [0.717, 1.165) is 11.1 Å². The van der Waals surface area contributed by atoms with Gasteiger partial charge in [-0.3, -0.25) is 0 Å². The van der Waals surface area contributed by atoms with E-state index >= 15 is 0 Å². The Labute approximate surface area is 89.6 Å². The van der Waals surface area contributed by atoms with E-state index in [9.17, 15) is 0 Å². The summed E-state index contributed by atoms with van der Waals surface area (Å²) >= 11 is 0. The van der Waals surface area contributed by atoms with E-state index in [1.54, 1.807) is 33.1 Å². The lowest BCUT2D eigenvalue weighted by Crippen LogP contribution is -2.34. The maximum Gasteiger partial charge on any atom is 0.488 e. The third-order valence-electron chi connectivity index (χ3n) is 2.17. The number of hydrogen-bond acceptors (Lipinski definition) is 4. The highest BCUT2D eigenvalue weighted by molar-refractivity contribution is 6.59. The molecule has 0 aliphatic rings. The molecule has 0 spiro atoms. The molecule has 0 saturated carbocycles. The lowest BCUT2D eigenvalue weighted by atomic mass is 9.74. The second-order valence-corrected chi connectivity index (χ2v) is 3.40. The molecule has 0 heterocycles. The molecule has 5 heteroatoms. The van der Waals surface area contributed by atoms with Gasteiger partial charge >= 0.3 is 7.12 Å². The van der Waals surface area contributed by atoms with Crippen LogP contribution in [0.4, 0.5) is 0 Å². The van der Waals surface area contributed by atoms with Crippen LogP contribution in [0.3, 0.4) is 0 Å². The van der Waals surface area contributed by atoms with Gasteiger partial charge in [0.2, 0.25) is 0 Å². The fourth-order valence-electron chi connectivity index (χ4n) is 1.55. The highest BCUT2D eigenvalue weighted by Gasteiger charge is 2.17. The van der Waals surface area contributed by atoms with E-state index in [1.165, 1.54) is 0 Å². The largest absolute Gasteiger partial charge is 0.488 e. The highest BCUT2D eigenvalue weighted by Crippen LogP contribution is 2.15. The summed E-state index contributed by atoms with van der Waals surface area (Å²) in [5.41, 5.74) is 2.10. The van der Waals surface area contributed by atoms with Gasteiger partial charge in [-0.25, -0.2) is 0 Å². The average molecular weight is 210 g/mol. The second-order valence-electron chi connectivity index (χ2n) is 3.40. The van der Waals surface area contributed by atoms with E-state index in [2.05, 4.69) is 0 Å². The minimum Gasteiger partial charge on any atom is -0.468 e. The first-order valence-electron chi connectivity index (χ1n) is 4.65. The Balaban J connectivity index is 2.97. The molecule has 2 N–H and O–H groups in total. The summed E-state index contributed by atoms with van der Waals surface area (Å²) in [6.07, 6.45) is 0. The van der Waals surface area contributed by atoms with Crippen molar-refractivity contribution < 1.29 is 19.5 Å². The molecule has 0 aliphatic carbocycles. The van der Waals surface area contributed by atoms with Gasteiger partial charge in [0.15, 0.2) is 6.79 Å². The predicted octanol–water partition coefficient (Wildman–Crippen LogP) is -0.0341. The molecular weight excluding hydrogens is 195 g/mol. The molecule has 4 nitrogen and oxygen atoms in total. The van der Waals surface area contributed by atoms with Crippen molar-refractivity contribution in [2.75, 3.05) is 13.9 Å². The van der Waals surface area contributed by atoms with Crippen molar-refractivity contribution >= 4 is 12.6 Å². The predicted molar refractivity (Wildman–Crippen MR) is 58.2 cm³/mol. The van der Waals surface area contributed by atoms with Crippen LogP contribution in [0.1, 0.15) is 11.1 Å². The number of hydrogen-bond donors (Lipinski definition) is 2. The Hall–Kier alpha value is -1.04. The van der Waals surface area contributed by atoms with Crippen molar-refractivity contribution in [3.63, 3.8) is 0 Å². The molecule has 0 atom stereocenters. The zero-order valence-electron chi connectivity index (χ0n) is 9.15. The van der Waals surface area contributed by atoms with Crippen LogP contribution in [0.2, 0.25) is 0 Å². The molecule has 0 bridgehead atoms. The van der Waals surface area contributed by atoms with Crippen molar-refractivity contribution in [2.45, 2.75) is 13.8 Å². The van der Waals surface area contributed by atoms with E-state index in [0.29, 0.717) is 11.2 Å². The Bertz CT molecular complexity index is 315. The van der Waals surface area contributed by atoms with Gasteiger partial charge in [0.05, 0.1) is 0 Å². The van der Waals surface area contributed by atoms with Crippen molar-refractivity contribution in [1.82, 2.24) is 0 Å². The molecule has 82 valence electrons. The van der Waals surface area contributed by atoms with E-state index in [-0.39, 0.29) is 6.79 Å². The number of ether oxygens (including phenoxy) is 2. The fraction of sp³-hybridized carbons (Fsp3) is 0.400. The van der Waals surface area contributed by atoms with Crippen LogP contribution < -0.4 is 10.2 Å². The molecule has 0 amide bonds. The van der Waals surface area contributed by atoms with Crippen LogP contribution in [0.15, 0.2) is 12.1 Å². The lowest BCUT2D eigenvalue weighted by Gasteiger charge is -2.12. The summed E-state index contributed by atoms with van der Waals surface area (Å²) in [6, 6.07) is 3.50. The average Bonchev–Trinajstić information content (AvgIpc) is 2.12. The minimum absolute atomic E-state index is 0.180. The first kappa shape index (κ1) is 12.0. The number of rotatable bonds is 4. The maximum atomic E-state index is 9.14. The van der Waals surface area contributed by atoms with Crippen molar-refractivity contribution in [1.29, 1.82) is 0 Å². The SMILES string of the molecule is COCOc1cc(C)c(B(O)O)c(C)c1. The second kappa shape index (κ2) is 5.16. The van der Waals surface area contributed by atoms with Crippen LogP contribution in [0.25, 0.3) is 0 Å². The quantitative estimate of drug-likeness (QED) is 0.541. The minimum atomic E-state index is -1.44. The van der Waals surface area contributed by atoms with Crippen LogP contribution in [0, 0.1) is 13.8 Å². The summed E-state index contributed by atoms with van der Waals surface area (Å²) in [4.78, 5) is 0. The molecular formula is C10H15BO4. The van der Waals surface area contributed by atoms with Gasteiger partial charge < -0.3 is 19.5 Å². The van der Waals surface area contributed by atoms with Gasteiger partial charge in [-0.05, 0) is 42.6 Å². The molecule has 1 aromatic rings. The van der Waals surface area contributed by atoms with Gasteiger partial charge in [0, 0.05) is 7.11 Å². The van der Waals surface area contributed by atoms with E-state index < -0.39 is 7.12 Å². The highest BCUT2D eigenvalue weighted by atomic mass is 16.7. The molecule has 0 aromatic heterocycles. The standard InChI is InChI=1S/C10H15BO4/c1-7-4-9(15-6-14-3)5-8(2)10(7)11(12)13/h4-5,12-13H,6H2,1-3H3. The van der Waals surface area contributed by atoms with Crippen LogP contribution in [-0.4, -0.2) is 31.1 Å². The normalized spacial score (nSPS) is 10.2. The zero-order chi connectivity index (χ0) is 11.4. The van der Waals surface area contributed by atoms with Crippen LogP contribution in [0.5, 0.6) is 5.75 Å². The summed E-state index contributed by atoms with van der Waals surface area (Å²) in [7, 11) is 0.104. The molecule has 0 saturated heterocycles. The first-order chi connectivity index (χ1) is 7.06. The van der Waals surface area contributed by atoms with Gasteiger partial charge in [-0.2, -0.15) is 0 Å². The topological polar surface area (TPSA) is 58.9 Å². The Morgan fingerprint density at radius 1 is 1.20 bits per heavy atom. The number of methoxy groups -OCH3 is 1. The van der Waals surface area contributed by atoms with Gasteiger partial charge in [0.1, 0.15) is 5.75 Å². The van der Waals surface area contributed by atoms with Crippen molar-refractivity contribution in [3.05, 3.63) is 23.3 Å². The van der Waals surface area contributed by atoms with Crippen molar-refractivity contribution in [2.24, 2.45) is 0 Å². The summed E-state index contributed by atoms with van der Waals surface area (Å²) in [5, 5.41) is 18.3. The van der Waals surface area contributed by atoms with Gasteiger partial charge in [0.25, 0.3) is 0 Å². The molecule has 0 fully saturated rings. The van der Waals surface area contributed by atoms with Crippen LogP contribution in [-0.2, 0) is 4.74 Å². The maximum absolute atomic E-state index is 9.14. The third-order valence-corrected chi connectivity index (χ3v) is 2.17. The Morgan fingerprint density at radius 2 is 1.73 bits per heavy atom. The number of benzene rings is 1. The van der Waals surface area contributed by atoms with Crippen LogP contribution >= 0.6 is 0 Å². The summed E-state index contributed by atoms with van der Waals surface area (Å²) in [5.74, 6) is 0.663. The fourth-order valence-corrected chi connectivity index (χ4v) is 1.55. The molecule has 0 radical (unpaired) electrons. The molecule has 15 heavy (non-hydrogen) atoms. The summed E-state index contributed by atoms with van der Waals surface area (Å²) in [6.45, 7) is 3.79. The van der Waals surface area contributed by atoms with Crippen molar-refractivity contribution in [3.8, 4) is 5.75 Å². The van der Waals surface area contributed by atoms with E-state index in [1.807, 2.05) is 0 Å². The Morgan fingerprint density at radius 3 is 2.13 bits per heavy atom. The number of aryl methyl sites for hydroxylation is 2. The molecule has 1 rings (SSSR count). The van der Waals surface area contributed by atoms with Gasteiger partial charge in [-0.15, -0.1) is 0 Å². The first-order valence-corrected chi connectivity index (χ1v) is 4.65. The Kier molecular flexibility index (Phi) is 4.14. The molecule has 0 aliphatic heterocycles. The molecule has 1 aromatic carbocycles. The third kappa shape index (κ3) is 2.96. The van der Waals surface area contributed by atoms with Gasteiger partial charge in [-0.1, -0.05) is 0 Å². The monoisotopic (exact) mass is 210 g/mol. The molecule has 0 unspecified atom stereocenters. The summed E-state index contributed by atoms with van der Waals surface area (Å²) < 4.78 is 10.0.